The van der Waals surface area contributed by atoms with E-state index in [0.29, 0.717) is 13.0 Å². The van der Waals surface area contributed by atoms with Crippen LogP contribution in [0.1, 0.15) is 11.3 Å². The molecular weight excluding hydrogens is 272 g/mol. The van der Waals surface area contributed by atoms with Crippen LogP contribution in [-0.4, -0.2) is 38.5 Å². The van der Waals surface area contributed by atoms with Gasteiger partial charge in [0.1, 0.15) is 0 Å². The van der Waals surface area contributed by atoms with Crippen LogP contribution < -0.4 is 10.6 Å². The van der Waals surface area contributed by atoms with Gasteiger partial charge < -0.3 is 10.6 Å². The Labute approximate surface area is 111 Å². The molecule has 1 aliphatic heterocycles. The first-order valence-electron chi connectivity index (χ1n) is 5.82. The Kier molecular flexibility index (Phi) is 4.23. The SMILES string of the molecule is O=C(NCCc1cccs1)N[C@@H]1CCS(=O)(=O)C1. The minimum absolute atomic E-state index is 0.0609. The fraction of sp³-hybridized carbons (Fsp3) is 0.545. The van der Waals surface area contributed by atoms with Crippen molar-refractivity contribution < 1.29 is 13.2 Å². The quantitative estimate of drug-likeness (QED) is 0.859. The minimum Gasteiger partial charge on any atom is -0.338 e. The highest BCUT2D eigenvalue weighted by atomic mass is 32.2. The van der Waals surface area contributed by atoms with Gasteiger partial charge in [0.05, 0.1) is 11.5 Å². The lowest BCUT2D eigenvalue weighted by atomic mass is 10.3. The number of sulfone groups is 1. The normalized spacial score (nSPS) is 21.7. The van der Waals surface area contributed by atoms with Crippen LogP contribution in [0.25, 0.3) is 0 Å². The van der Waals surface area contributed by atoms with E-state index in [4.69, 9.17) is 0 Å². The van der Waals surface area contributed by atoms with E-state index in [2.05, 4.69) is 10.6 Å². The van der Waals surface area contributed by atoms with Gasteiger partial charge in [-0.3, -0.25) is 0 Å². The van der Waals surface area contributed by atoms with E-state index in [-0.39, 0.29) is 23.6 Å². The van der Waals surface area contributed by atoms with Crippen LogP contribution in [0.5, 0.6) is 0 Å². The Morgan fingerprint density at radius 3 is 2.94 bits per heavy atom. The third-order valence-electron chi connectivity index (χ3n) is 2.80. The van der Waals surface area contributed by atoms with Gasteiger partial charge in [-0.1, -0.05) is 6.07 Å². The van der Waals surface area contributed by atoms with Gasteiger partial charge in [-0.2, -0.15) is 0 Å². The number of rotatable bonds is 4. The molecule has 1 aromatic heterocycles. The number of carbonyl (C=O) groups excluding carboxylic acids is 1. The lowest BCUT2D eigenvalue weighted by molar-refractivity contribution is 0.238. The second-order valence-electron chi connectivity index (χ2n) is 4.33. The third kappa shape index (κ3) is 3.99. The molecule has 5 nitrogen and oxygen atoms in total. The van der Waals surface area contributed by atoms with Gasteiger partial charge in [0.25, 0.3) is 0 Å². The number of hydrogen-bond donors (Lipinski definition) is 2. The van der Waals surface area contributed by atoms with Crippen LogP contribution in [0, 0.1) is 0 Å². The van der Waals surface area contributed by atoms with Crippen molar-refractivity contribution in [2.45, 2.75) is 18.9 Å². The smallest absolute Gasteiger partial charge is 0.315 e. The molecule has 2 N–H and O–H groups in total. The predicted octanol–water partition coefficient (Wildman–Crippen LogP) is 0.777. The van der Waals surface area contributed by atoms with Crippen LogP contribution in [-0.2, 0) is 16.3 Å². The lowest BCUT2D eigenvalue weighted by Gasteiger charge is -2.11. The molecule has 0 aliphatic carbocycles. The van der Waals surface area contributed by atoms with Gasteiger partial charge in [-0.25, -0.2) is 13.2 Å². The largest absolute Gasteiger partial charge is 0.338 e. The van der Waals surface area contributed by atoms with Gasteiger partial charge in [0, 0.05) is 17.5 Å². The number of nitrogens with one attached hydrogen (secondary N) is 2. The first-order chi connectivity index (χ1) is 8.55. The first kappa shape index (κ1) is 13.4. The maximum atomic E-state index is 11.5. The van der Waals surface area contributed by atoms with Crippen LogP contribution >= 0.6 is 11.3 Å². The molecule has 1 aliphatic rings. The van der Waals surface area contributed by atoms with Crippen molar-refractivity contribution in [3.63, 3.8) is 0 Å². The molecule has 0 spiro atoms. The molecule has 0 unspecified atom stereocenters. The second-order valence-corrected chi connectivity index (χ2v) is 7.59. The summed E-state index contributed by atoms with van der Waals surface area (Å²) in [6, 6.07) is 3.47. The highest BCUT2D eigenvalue weighted by Gasteiger charge is 2.28. The molecular formula is C11H16N2O3S2. The van der Waals surface area contributed by atoms with Crippen molar-refractivity contribution in [3.05, 3.63) is 22.4 Å². The molecule has 2 amide bonds. The zero-order valence-corrected chi connectivity index (χ0v) is 11.5. The molecule has 1 atom stereocenters. The Morgan fingerprint density at radius 1 is 1.50 bits per heavy atom. The van der Waals surface area contributed by atoms with E-state index >= 15 is 0 Å². The van der Waals surface area contributed by atoms with Crippen molar-refractivity contribution in [2.24, 2.45) is 0 Å². The van der Waals surface area contributed by atoms with Crippen LogP contribution in [0.2, 0.25) is 0 Å². The molecule has 1 fully saturated rings. The van der Waals surface area contributed by atoms with E-state index in [1.54, 1.807) is 11.3 Å². The number of hydrogen-bond acceptors (Lipinski definition) is 4. The number of amides is 2. The lowest BCUT2D eigenvalue weighted by Crippen LogP contribution is -2.43. The highest BCUT2D eigenvalue weighted by Crippen LogP contribution is 2.11. The molecule has 2 rings (SSSR count). The number of urea groups is 1. The predicted molar refractivity (Wildman–Crippen MR) is 71.6 cm³/mol. The van der Waals surface area contributed by atoms with E-state index < -0.39 is 9.84 Å². The average Bonchev–Trinajstić information content (AvgIpc) is 2.88. The highest BCUT2D eigenvalue weighted by molar-refractivity contribution is 7.91. The van der Waals surface area contributed by atoms with Crippen molar-refractivity contribution in [3.8, 4) is 0 Å². The van der Waals surface area contributed by atoms with Gasteiger partial charge in [0.2, 0.25) is 0 Å². The Bertz CT molecular complexity index is 496. The molecule has 0 bridgehead atoms. The van der Waals surface area contributed by atoms with Gasteiger partial charge in [0.15, 0.2) is 9.84 Å². The summed E-state index contributed by atoms with van der Waals surface area (Å²) >= 11 is 1.66. The van der Waals surface area contributed by atoms with Gasteiger partial charge in [-0.15, -0.1) is 11.3 Å². The summed E-state index contributed by atoms with van der Waals surface area (Å²) in [7, 11) is -2.94. The molecule has 1 aromatic rings. The van der Waals surface area contributed by atoms with Crippen molar-refractivity contribution >= 4 is 27.2 Å². The third-order valence-corrected chi connectivity index (χ3v) is 5.51. The van der Waals surface area contributed by atoms with Crippen LogP contribution in [0.15, 0.2) is 17.5 Å². The minimum atomic E-state index is -2.94. The summed E-state index contributed by atoms with van der Waals surface area (Å²) in [5, 5.41) is 7.42. The number of carbonyl (C=O) groups is 1. The monoisotopic (exact) mass is 288 g/mol. The zero-order valence-electron chi connectivity index (χ0n) is 9.89. The molecule has 0 saturated carbocycles. The van der Waals surface area contributed by atoms with E-state index in [0.717, 1.165) is 6.42 Å². The van der Waals surface area contributed by atoms with Crippen LogP contribution in [0.3, 0.4) is 0 Å². The van der Waals surface area contributed by atoms with Crippen molar-refractivity contribution in [1.82, 2.24) is 10.6 Å². The summed E-state index contributed by atoms with van der Waals surface area (Å²) < 4.78 is 22.4. The summed E-state index contributed by atoms with van der Waals surface area (Å²) in [6.07, 6.45) is 1.31. The summed E-state index contributed by atoms with van der Waals surface area (Å²) in [4.78, 5) is 12.7. The second kappa shape index (κ2) is 5.71. The zero-order chi connectivity index (χ0) is 13.0. The standard InChI is InChI=1S/C11H16N2O3S2/c14-11(12-5-3-10-2-1-6-17-10)13-9-4-7-18(15,16)8-9/h1-2,6,9H,3-5,7-8H2,(H2,12,13,14)/t9-/m1/s1. The molecule has 2 heterocycles. The number of thiophene rings is 1. The van der Waals surface area contributed by atoms with Gasteiger partial charge in [-0.05, 0) is 24.3 Å². The fourth-order valence-corrected chi connectivity index (χ4v) is 4.28. The average molecular weight is 288 g/mol. The Hall–Kier alpha value is -1.08. The summed E-state index contributed by atoms with van der Waals surface area (Å²) in [5.41, 5.74) is 0. The molecule has 1 saturated heterocycles. The van der Waals surface area contributed by atoms with Crippen molar-refractivity contribution in [1.29, 1.82) is 0 Å². The first-order valence-corrected chi connectivity index (χ1v) is 8.52. The molecule has 0 aromatic carbocycles. The van der Waals surface area contributed by atoms with E-state index in [1.807, 2.05) is 17.5 Å². The van der Waals surface area contributed by atoms with E-state index in [9.17, 15) is 13.2 Å². The Morgan fingerprint density at radius 2 is 2.33 bits per heavy atom. The summed E-state index contributed by atoms with van der Waals surface area (Å²) in [5.74, 6) is 0.235. The molecule has 7 heteroatoms. The van der Waals surface area contributed by atoms with Gasteiger partial charge >= 0.3 is 6.03 Å². The van der Waals surface area contributed by atoms with Crippen LogP contribution in [0.4, 0.5) is 4.79 Å². The van der Waals surface area contributed by atoms with E-state index in [1.165, 1.54) is 4.88 Å². The maximum Gasteiger partial charge on any atom is 0.315 e. The van der Waals surface area contributed by atoms with Crippen molar-refractivity contribution in [2.75, 3.05) is 18.1 Å². The molecule has 100 valence electrons. The topological polar surface area (TPSA) is 75.3 Å². The fourth-order valence-electron chi connectivity index (χ4n) is 1.90. The Balaban J connectivity index is 1.67. The maximum absolute atomic E-state index is 11.5. The molecule has 18 heavy (non-hydrogen) atoms. The summed E-state index contributed by atoms with van der Waals surface area (Å²) in [6.45, 7) is 0.561. The molecule has 0 radical (unpaired) electrons.